The molecule has 0 saturated carbocycles. The number of anilines is 1. The van der Waals surface area contributed by atoms with E-state index in [0.29, 0.717) is 31.7 Å². The minimum absolute atomic E-state index is 0.139. The maximum atomic E-state index is 12.5. The SMILES string of the molecule is O=C(Cn1nc(-c2ccccc2)oc1=O)N1CCN(c2cnccn2)CC1. The molecule has 138 valence electrons. The Labute approximate surface area is 154 Å². The number of carbonyl (C=O) groups excluding carboxylic acids is 1. The summed E-state index contributed by atoms with van der Waals surface area (Å²) in [4.78, 5) is 36.7. The first-order valence-electron chi connectivity index (χ1n) is 8.63. The highest BCUT2D eigenvalue weighted by atomic mass is 16.4. The summed E-state index contributed by atoms with van der Waals surface area (Å²) < 4.78 is 6.24. The van der Waals surface area contributed by atoms with Crippen LogP contribution in [0.3, 0.4) is 0 Å². The monoisotopic (exact) mass is 366 g/mol. The smallest absolute Gasteiger partial charge is 0.388 e. The first kappa shape index (κ1) is 17.0. The zero-order valence-corrected chi connectivity index (χ0v) is 14.6. The molecule has 1 aliphatic rings. The van der Waals surface area contributed by atoms with Crippen molar-refractivity contribution < 1.29 is 9.21 Å². The Morgan fingerprint density at radius 3 is 2.56 bits per heavy atom. The maximum absolute atomic E-state index is 12.5. The molecule has 0 atom stereocenters. The van der Waals surface area contributed by atoms with E-state index in [9.17, 15) is 9.59 Å². The summed E-state index contributed by atoms with van der Waals surface area (Å²) in [6, 6.07) is 9.11. The fourth-order valence-electron chi connectivity index (χ4n) is 2.97. The van der Waals surface area contributed by atoms with Crippen LogP contribution < -0.4 is 10.7 Å². The lowest BCUT2D eigenvalue weighted by atomic mass is 10.2. The van der Waals surface area contributed by atoms with Crippen LogP contribution in [0.15, 0.2) is 58.1 Å². The van der Waals surface area contributed by atoms with Crippen LogP contribution in [0.2, 0.25) is 0 Å². The molecule has 1 aromatic carbocycles. The average molecular weight is 366 g/mol. The first-order valence-corrected chi connectivity index (χ1v) is 8.63. The summed E-state index contributed by atoms with van der Waals surface area (Å²) in [5.74, 6) is 0.204. The van der Waals surface area contributed by atoms with Gasteiger partial charge in [-0.3, -0.25) is 9.78 Å². The largest absolute Gasteiger partial charge is 0.437 e. The van der Waals surface area contributed by atoms with E-state index >= 15 is 0 Å². The third kappa shape index (κ3) is 3.71. The van der Waals surface area contributed by atoms with Crippen LogP contribution in [0.25, 0.3) is 11.5 Å². The zero-order chi connectivity index (χ0) is 18.6. The van der Waals surface area contributed by atoms with Crippen molar-refractivity contribution >= 4 is 11.7 Å². The van der Waals surface area contributed by atoms with E-state index in [2.05, 4.69) is 20.0 Å². The van der Waals surface area contributed by atoms with Gasteiger partial charge in [-0.2, -0.15) is 4.68 Å². The van der Waals surface area contributed by atoms with E-state index in [-0.39, 0.29) is 18.3 Å². The predicted octanol–water partition coefficient (Wildman–Crippen LogP) is 0.642. The van der Waals surface area contributed by atoms with E-state index < -0.39 is 5.76 Å². The van der Waals surface area contributed by atoms with E-state index in [4.69, 9.17) is 4.42 Å². The van der Waals surface area contributed by atoms with Crippen molar-refractivity contribution in [3.8, 4) is 11.5 Å². The van der Waals surface area contributed by atoms with Crippen LogP contribution in [-0.4, -0.2) is 56.7 Å². The van der Waals surface area contributed by atoms with Gasteiger partial charge >= 0.3 is 5.76 Å². The molecule has 0 aliphatic carbocycles. The summed E-state index contributed by atoms with van der Waals surface area (Å²) in [7, 11) is 0. The van der Waals surface area contributed by atoms with Crippen molar-refractivity contribution in [3.63, 3.8) is 0 Å². The second-order valence-corrected chi connectivity index (χ2v) is 6.13. The molecular formula is C18H18N6O3. The maximum Gasteiger partial charge on any atom is 0.437 e. The number of hydrogen-bond donors (Lipinski definition) is 0. The lowest BCUT2D eigenvalue weighted by Crippen LogP contribution is -2.50. The fraction of sp³-hybridized carbons (Fsp3) is 0.278. The Balaban J connectivity index is 1.39. The normalized spacial score (nSPS) is 14.4. The van der Waals surface area contributed by atoms with Gasteiger partial charge in [0.2, 0.25) is 11.8 Å². The lowest BCUT2D eigenvalue weighted by Gasteiger charge is -2.35. The predicted molar refractivity (Wildman–Crippen MR) is 97.0 cm³/mol. The van der Waals surface area contributed by atoms with Gasteiger partial charge in [-0.15, -0.1) is 5.10 Å². The van der Waals surface area contributed by atoms with Crippen LogP contribution in [0.5, 0.6) is 0 Å². The number of aromatic nitrogens is 4. The lowest BCUT2D eigenvalue weighted by molar-refractivity contribution is -0.132. The molecular weight excluding hydrogens is 348 g/mol. The van der Waals surface area contributed by atoms with Crippen molar-refractivity contribution in [1.29, 1.82) is 0 Å². The standard InChI is InChI=1S/C18H18N6O3/c25-16(23-10-8-22(9-11-23)15-12-19-6-7-20-15)13-24-18(26)27-17(21-24)14-4-2-1-3-5-14/h1-7,12H,8-11,13H2. The summed E-state index contributed by atoms with van der Waals surface area (Å²) in [6.07, 6.45) is 4.98. The van der Waals surface area contributed by atoms with Crippen LogP contribution in [0.1, 0.15) is 0 Å². The van der Waals surface area contributed by atoms with Gasteiger partial charge in [0.05, 0.1) is 6.20 Å². The molecule has 0 radical (unpaired) electrons. The summed E-state index contributed by atoms with van der Waals surface area (Å²) >= 11 is 0. The summed E-state index contributed by atoms with van der Waals surface area (Å²) in [5, 5.41) is 4.14. The molecule has 1 fully saturated rings. The molecule has 0 bridgehead atoms. The number of nitrogens with zero attached hydrogens (tertiary/aromatic N) is 6. The van der Waals surface area contributed by atoms with Crippen LogP contribution in [0.4, 0.5) is 5.82 Å². The van der Waals surface area contributed by atoms with Gasteiger partial charge in [0, 0.05) is 44.1 Å². The Kier molecular flexibility index (Phi) is 4.65. The minimum atomic E-state index is -0.639. The molecule has 0 spiro atoms. The van der Waals surface area contributed by atoms with Crippen molar-refractivity contribution in [2.75, 3.05) is 31.1 Å². The molecule has 3 aromatic rings. The minimum Gasteiger partial charge on any atom is -0.388 e. The summed E-state index contributed by atoms with van der Waals surface area (Å²) in [6.45, 7) is 2.28. The van der Waals surface area contributed by atoms with Crippen molar-refractivity contribution in [2.45, 2.75) is 6.54 Å². The Morgan fingerprint density at radius 2 is 1.85 bits per heavy atom. The van der Waals surface area contributed by atoms with Gasteiger partial charge in [-0.25, -0.2) is 9.78 Å². The van der Waals surface area contributed by atoms with Crippen molar-refractivity contribution in [1.82, 2.24) is 24.6 Å². The van der Waals surface area contributed by atoms with Gasteiger partial charge < -0.3 is 14.2 Å². The topological polar surface area (TPSA) is 97.4 Å². The Morgan fingerprint density at radius 1 is 1.07 bits per heavy atom. The average Bonchev–Trinajstić information content (AvgIpc) is 3.10. The van der Waals surface area contributed by atoms with E-state index in [1.165, 1.54) is 0 Å². The molecule has 0 unspecified atom stereocenters. The van der Waals surface area contributed by atoms with E-state index in [1.807, 2.05) is 18.2 Å². The van der Waals surface area contributed by atoms with Crippen LogP contribution >= 0.6 is 0 Å². The molecule has 1 amide bonds. The third-order valence-corrected chi connectivity index (χ3v) is 4.42. The number of benzene rings is 1. The Hall–Kier alpha value is -3.49. The van der Waals surface area contributed by atoms with Gasteiger partial charge in [0.1, 0.15) is 12.4 Å². The fourth-order valence-corrected chi connectivity index (χ4v) is 2.97. The molecule has 2 aromatic heterocycles. The molecule has 1 saturated heterocycles. The first-order chi connectivity index (χ1) is 13.2. The molecule has 27 heavy (non-hydrogen) atoms. The van der Waals surface area contributed by atoms with Crippen LogP contribution in [-0.2, 0) is 11.3 Å². The zero-order valence-electron chi connectivity index (χ0n) is 14.6. The number of piperazine rings is 1. The van der Waals surface area contributed by atoms with Crippen LogP contribution in [0, 0.1) is 0 Å². The Bertz CT molecular complexity index is 962. The number of amides is 1. The molecule has 3 heterocycles. The number of rotatable bonds is 4. The highest BCUT2D eigenvalue weighted by molar-refractivity contribution is 5.76. The van der Waals surface area contributed by atoms with Gasteiger partial charge in [-0.1, -0.05) is 18.2 Å². The van der Waals surface area contributed by atoms with Gasteiger partial charge in [0.25, 0.3) is 0 Å². The second-order valence-electron chi connectivity index (χ2n) is 6.13. The number of hydrogen-bond acceptors (Lipinski definition) is 7. The van der Waals surface area contributed by atoms with Crippen molar-refractivity contribution in [3.05, 3.63) is 59.5 Å². The highest BCUT2D eigenvalue weighted by Crippen LogP contribution is 2.14. The van der Waals surface area contributed by atoms with E-state index in [1.54, 1.807) is 35.6 Å². The molecule has 9 nitrogen and oxygen atoms in total. The van der Waals surface area contributed by atoms with Crippen molar-refractivity contribution in [2.24, 2.45) is 0 Å². The van der Waals surface area contributed by atoms with Gasteiger partial charge in [0.15, 0.2) is 0 Å². The van der Waals surface area contributed by atoms with E-state index in [0.717, 1.165) is 10.5 Å². The second kappa shape index (κ2) is 7.40. The quantitative estimate of drug-likeness (QED) is 0.668. The molecule has 4 rings (SSSR count). The number of carbonyl (C=O) groups is 1. The summed E-state index contributed by atoms with van der Waals surface area (Å²) in [5.41, 5.74) is 0.693. The molecule has 1 aliphatic heterocycles. The third-order valence-electron chi connectivity index (χ3n) is 4.42. The molecule has 0 N–H and O–H groups in total. The molecule has 9 heteroatoms. The van der Waals surface area contributed by atoms with Gasteiger partial charge in [-0.05, 0) is 12.1 Å². The highest BCUT2D eigenvalue weighted by Gasteiger charge is 2.23.